The molecule has 2 N–H and O–H groups in total. The number of carbonyl (C=O) groups is 1. The average Bonchev–Trinajstić information content (AvgIpc) is 2.19. The van der Waals surface area contributed by atoms with E-state index in [1.165, 1.54) is 0 Å². The summed E-state index contributed by atoms with van der Waals surface area (Å²) in [6, 6.07) is 2.32. The Balaban J connectivity index is 2.75. The van der Waals surface area contributed by atoms with Gasteiger partial charge in [0.15, 0.2) is 0 Å². The van der Waals surface area contributed by atoms with Crippen LogP contribution in [0.5, 0.6) is 0 Å². The summed E-state index contributed by atoms with van der Waals surface area (Å²) in [5.41, 5.74) is -0.225. The van der Waals surface area contributed by atoms with Crippen LogP contribution in [-0.4, -0.2) is 23.7 Å². The van der Waals surface area contributed by atoms with Crippen molar-refractivity contribution in [1.82, 2.24) is 5.32 Å². The minimum Gasteiger partial charge on any atom is -0.481 e. The van der Waals surface area contributed by atoms with Gasteiger partial charge in [0.1, 0.15) is 0 Å². The lowest BCUT2D eigenvalue weighted by atomic mass is 9.61. The Morgan fingerprint density at radius 1 is 1.56 bits per heavy atom. The van der Waals surface area contributed by atoms with Crippen molar-refractivity contribution in [3.05, 3.63) is 0 Å². The Morgan fingerprint density at radius 2 is 2.19 bits per heavy atom. The lowest BCUT2D eigenvalue weighted by Gasteiger charge is -2.46. The molecule has 1 fully saturated rings. The molecule has 3 atom stereocenters. The van der Waals surface area contributed by atoms with Crippen LogP contribution in [0.2, 0.25) is 0 Å². The minimum atomic E-state index is -0.699. The van der Waals surface area contributed by atoms with Gasteiger partial charge in [-0.2, -0.15) is 5.26 Å². The van der Waals surface area contributed by atoms with Gasteiger partial charge in [0.05, 0.1) is 18.5 Å². The van der Waals surface area contributed by atoms with E-state index in [-0.39, 0.29) is 23.3 Å². The highest BCUT2D eigenvalue weighted by Crippen LogP contribution is 2.44. The van der Waals surface area contributed by atoms with Gasteiger partial charge >= 0.3 is 5.97 Å². The van der Waals surface area contributed by atoms with Crippen molar-refractivity contribution in [1.29, 1.82) is 5.26 Å². The third-order valence-corrected chi connectivity index (χ3v) is 4.18. The summed E-state index contributed by atoms with van der Waals surface area (Å²) in [5.74, 6) is -0.714. The van der Waals surface area contributed by atoms with E-state index in [9.17, 15) is 9.90 Å². The summed E-state index contributed by atoms with van der Waals surface area (Å²) in [4.78, 5) is 11.2. The largest absolute Gasteiger partial charge is 0.481 e. The number of aliphatic carboxylic acids is 1. The number of hydrogen-bond acceptors (Lipinski definition) is 3. The van der Waals surface area contributed by atoms with Crippen LogP contribution in [0.4, 0.5) is 0 Å². The maximum Gasteiger partial charge on any atom is 0.307 e. The normalized spacial score (nSPS) is 33.0. The van der Waals surface area contributed by atoms with E-state index in [1.54, 1.807) is 0 Å². The Morgan fingerprint density at radius 3 is 2.69 bits per heavy atom. The first-order valence-corrected chi connectivity index (χ1v) is 5.74. The van der Waals surface area contributed by atoms with E-state index in [0.29, 0.717) is 13.0 Å². The van der Waals surface area contributed by atoms with Crippen LogP contribution in [0.15, 0.2) is 0 Å². The first-order chi connectivity index (χ1) is 7.41. The van der Waals surface area contributed by atoms with Crippen molar-refractivity contribution in [3.8, 4) is 6.07 Å². The molecule has 16 heavy (non-hydrogen) atoms. The Hall–Kier alpha value is -1.08. The third kappa shape index (κ3) is 2.35. The second kappa shape index (κ2) is 4.84. The van der Waals surface area contributed by atoms with E-state index in [1.807, 2.05) is 13.8 Å². The third-order valence-electron chi connectivity index (χ3n) is 4.18. The topological polar surface area (TPSA) is 73.1 Å². The number of rotatable bonds is 3. The van der Waals surface area contributed by atoms with Crippen LogP contribution in [0.25, 0.3) is 0 Å². The van der Waals surface area contributed by atoms with Crippen molar-refractivity contribution in [3.63, 3.8) is 0 Å². The molecule has 0 spiro atoms. The molecule has 1 aliphatic carbocycles. The molecule has 4 heteroatoms. The van der Waals surface area contributed by atoms with Crippen LogP contribution < -0.4 is 5.32 Å². The number of carboxylic acids is 1. The second-order valence-electron chi connectivity index (χ2n) is 5.22. The molecule has 0 aromatic heterocycles. The Bertz CT molecular complexity index is 307. The predicted octanol–water partition coefficient (Wildman–Crippen LogP) is 1.63. The number of hydrogen-bond donors (Lipinski definition) is 2. The number of nitrogens with zero attached hydrogens (tertiary/aromatic N) is 1. The summed E-state index contributed by atoms with van der Waals surface area (Å²) >= 11 is 0. The molecule has 4 nitrogen and oxygen atoms in total. The summed E-state index contributed by atoms with van der Waals surface area (Å²) < 4.78 is 0. The molecular weight excluding hydrogens is 204 g/mol. The van der Waals surface area contributed by atoms with Gasteiger partial charge < -0.3 is 10.4 Å². The second-order valence-corrected chi connectivity index (χ2v) is 5.22. The van der Waals surface area contributed by atoms with Crippen molar-refractivity contribution < 1.29 is 9.90 Å². The maximum atomic E-state index is 11.2. The molecule has 0 saturated heterocycles. The summed E-state index contributed by atoms with van der Waals surface area (Å²) in [6.07, 6.45) is 1.53. The molecule has 1 aliphatic rings. The fourth-order valence-electron chi connectivity index (χ4n) is 2.70. The van der Waals surface area contributed by atoms with Gasteiger partial charge in [-0.1, -0.05) is 20.8 Å². The zero-order valence-corrected chi connectivity index (χ0v) is 10.2. The highest BCUT2D eigenvalue weighted by Gasteiger charge is 2.45. The molecule has 0 radical (unpaired) electrons. The smallest absolute Gasteiger partial charge is 0.307 e. The number of carboxylic acid groups (broad SMARTS) is 1. The maximum absolute atomic E-state index is 11.2. The molecule has 0 aliphatic heterocycles. The zero-order valence-electron chi connectivity index (χ0n) is 10.2. The lowest BCUT2D eigenvalue weighted by molar-refractivity contribution is -0.150. The highest BCUT2D eigenvalue weighted by molar-refractivity contribution is 5.71. The van der Waals surface area contributed by atoms with Gasteiger partial charge in [-0.15, -0.1) is 0 Å². The van der Waals surface area contributed by atoms with Gasteiger partial charge in [0, 0.05) is 6.04 Å². The first kappa shape index (κ1) is 13.0. The molecule has 0 bridgehead atoms. The van der Waals surface area contributed by atoms with Crippen LogP contribution in [-0.2, 0) is 4.79 Å². The molecule has 1 saturated carbocycles. The fraction of sp³-hybridized carbons (Fsp3) is 0.833. The summed E-state index contributed by atoms with van der Waals surface area (Å²) in [6.45, 7) is 6.43. The van der Waals surface area contributed by atoms with Gasteiger partial charge in [0.25, 0.3) is 0 Å². The predicted molar refractivity (Wildman–Crippen MR) is 60.7 cm³/mol. The summed E-state index contributed by atoms with van der Waals surface area (Å²) in [5, 5.41) is 20.9. The van der Waals surface area contributed by atoms with Crippen molar-refractivity contribution in [2.75, 3.05) is 6.54 Å². The van der Waals surface area contributed by atoms with Crippen LogP contribution in [0.1, 0.15) is 33.6 Å². The van der Waals surface area contributed by atoms with Crippen molar-refractivity contribution in [2.45, 2.75) is 39.7 Å². The SMILES string of the molecule is CC1C(NCC#N)CCC(C(=O)O)C1(C)C. The highest BCUT2D eigenvalue weighted by atomic mass is 16.4. The molecule has 0 heterocycles. The van der Waals surface area contributed by atoms with Crippen LogP contribution in [0.3, 0.4) is 0 Å². The lowest BCUT2D eigenvalue weighted by Crippen LogP contribution is -2.51. The van der Waals surface area contributed by atoms with E-state index in [2.05, 4.69) is 18.3 Å². The molecule has 1 rings (SSSR count). The van der Waals surface area contributed by atoms with E-state index < -0.39 is 5.97 Å². The van der Waals surface area contributed by atoms with Gasteiger partial charge in [-0.25, -0.2) is 0 Å². The van der Waals surface area contributed by atoms with Gasteiger partial charge in [0.2, 0.25) is 0 Å². The molecule has 0 aromatic carbocycles. The van der Waals surface area contributed by atoms with E-state index >= 15 is 0 Å². The van der Waals surface area contributed by atoms with Gasteiger partial charge in [-0.05, 0) is 24.2 Å². The average molecular weight is 224 g/mol. The van der Waals surface area contributed by atoms with E-state index in [0.717, 1.165) is 6.42 Å². The monoisotopic (exact) mass is 224 g/mol. The zero-order chi connectivity index (χ0) is 12.3. The van der Waals surface area contributed by atoms with Crippen molar-refractivity contribution >= 4 is 5.97 Å². The van der Waals surface area contributed by atoms with Crippen LogP contribution >= 0.6 is 0 Å². The quantitative estimate of drug-likeness (QED) is 0.714. The van der Waals surface area contributed by atoms with Crippen molar-refractivity contribution in [2.24, 2.45) is 17.3 Å². The standard InChI is InChI=1S/C12H20N2O2/c1-8-10(14-7-6-13)5-4-9(11(15)16)12(8,2)3/h8-10,14H,4-5,7H2,1-3H3,(H,15,16). The minimum absolute atomic E-state index is 0.225. The summed E-state index contributed by atoms with van der Waals surface area (Å²) in [7, 11) is 0. The Kier molecular flexibility index (Phi) is 3.93. The fourth-order valence-corrected chi connectivity index (χ4v) is 2.70. The number of nitriles is 1. The molecule has 0 amide bonds. The molecule has 3 unspecified atom stereocenters. The molecular formula is C12H20N2O2. The Labute approximate surface area is 96.6 Å². The first-order valence-electron chi connectivity index (χ1n) is 5.74. The number of nitrogens with one attached hydrogen (secondary N) is 1. The van der Waals surface area contributed by atoms with Gasteiger partial charge in [-0.3, -0.25) is 4.79 Å². The molecule has 0 aromatic rings. The van der Waals surface area contributed by atoms with E-state index in [4.69, 9.17) is 5.26 Å². The van der Waals surface area contributed by atoms with Crippen LogP contribution in [0, 0.1) is 28.6 Å². The molecule has 90 valence electrons.